The summed E-state index contributed by atoms with van der Waals surface area (Å²) < 4.78 is 0. The molecule has 0 saturated heterocycles. The molecule has 1 heterocycles. The molecule has 0 spiro atoms. The normalized spacial score (nSPS) is 11.2. The lowest BCUT2D eigenvalue weighted by Crippen LogP contribution is -1.80. The Morgan fingerprint density at radius 2 is 1.82 bits per heavy atom. The number of nitrogens with one attached hydrogen (secondary N) is 1. The van der Waals surface area contributed by atoms with Gasteiger partial charge in [-0.05, 0) is 44.2 Å². The van der Waals surface area contributed by atoms with E-state index in [4.69, 9.17) is 5.73 Å². The summed E-state index contributed by atoms with van der Waals surface area (Å²) in [5, 5.41) is 0. The summed E-state index contributed by atoms with van der Waals surface area (Å²) >= 11 is 0. The third-order valence-electron chi connectivity index (χ3n) is 2.01. The lowest BCUT2D eigenvalue weighted by atomic mass is 10.1. The van der Waals surface area contributed by atoms with Gasteiger partial charge in [0.05, 0.1) is 0 Å². The number of aromatic nitrogens is 1. The monoisotopic (exact) mass is 150 g/mol. The molecule has 2 nitrogen and oxygen atoms in total. The maximum Gasteiger partial charge on any atom is 0.0194 e. The Bertz CT molecular complexity index is 282. The molecule has 0 unspecified atom stereocenters. The van der Waals surface area contributed by atoms with Crippen molar-refractivity contribution in [2.45, 2.75) is 20.8 Å². The van der Waals surface area contributed by atoms with Crippen molar-refractivity contribution in [1.29, 1.82) is 0 Å². The van der Waals surface area contributed by atoms with Crippen molar-refractivity contribution in [3.8, 4) is 0 Å². The summed E-state index contributed by atoms with van der Waals surface area (Å²) in [7, 11) is 0. The molecule has 0 radical (unpaired) electrons. The number of nitrogens with two attached hydrogens (primary N) is 1. The van der Waals surface area contributed by atoms with E-state index < -0.39 is 0 Å². The second kappa shape index (κ2) is 2.82. The molecule has 0 aromatic carbocycles. The Balaban J connectivity index is 3.22. The lowest BCUT2D eigenvalue weighted by molar-refractivity contribution is 1.17. The topological polar surface area (TPSA) is 41.8 Å². The molecule has 0 atom stereocenters. The van der Waals surface area contributed by atoms with Crippen molar-refractivity contribution in [2.75, 3.05) is 0 Å². The van der Waals surface area contributed by atoms with Crippen molar-refractivity contribution >= 4 is 6.08 Å². The number of hydrogen-bond donors (Lipinski definition) is 2. The van der Waals surface area contributed by atoms with Crippen LogP contribution in [0.4, 0.5) is 0 Å². The number of aromatic amines is 1. The Kier molecular flexibility index (Phi) is 2.03. The molecule has 2 heteroatoms. The summed E-state index contributed by atoms with van der Waals surface area (Å²) in [5.74, 6) is 0. The molecule has 0 aliphatic carbocycles. The molecule has 0 saturated carbocycles. The van der Waals surface area contributed by atoms with E-state index in [2.05, 4.69) is 25.8 Å². The predicted octanol–water partition coefficient (Wildman–Crippen LogP) is 1.87. The third kappa shape index (κ3) is 1.29. The quantitative estimate of drug-likeness (QED) is 0.630. The van der Waals surface area contributed by atoms with E-state index in [9.17, 15) is 0 Å². The number of rotatable bonds is 1. The number of H-pyrrole nitrogens is 1. The number of aryl methyl sites for hydroxylation is 2. The highest BCUT2D eigenvalue weighted by Crippen LogP contribution is 2.17. The second-order valence-corrected chi connectivity index (χ2v) is 2.77. The first-order valence-corrected chi connectivity index (χ1v) is 3.71. The van der Waals surface area contributed by atoms with Crippen LogP contribution in [0.1, 0.15) is 22.5 Å². The predicted molar refractivity (Wildman–Crippen MR) is 48.2 cm³/mol. The van der Waals surface area contributed by atoms with E-state index in [1.165, 1.54) is 22.5 Å². The molecule has 0 aliphatic rings. The van der Waals surface area contributed by atoms with Gasteiger partial charge in [-0.15, -0.1) is 0 Å². The molecule has 0 aliphatic heterocycles. The standard InChI is InChI=1S/C9H14N2/c1-6-7(2)11-8(3)9(6)4-5-10/h4-5,11H,10H2,1-3H3/b5-4-. The van der Waals surface area contributed by atoms with Crippen LogP contribution in [0.15, 0.2) is 6.20 Å². The molecule has 1 rings (SSSR count). The Hall–Kier alpha value is -1.18. The molecule has 1 aromatic heterocycles. The van der Waals surface area contributed by atoms with Crippen LogP contribution >= 0.6 is 0 Å². The van der Waals surface area contributed by atoms with Gasteiger partial charge in [-0.3, -0.25) is 0 Å². The summed E-state index contributed by atoms with van der Waals surface area (Å²) in [6.45, 7) is 6.21. The van der Waals surface area contributed by atoms with Gasteiger partial charge in [0.1, 0.15) is 0 Å². The van der Waals surface area contributed by atoms with E-state index >= 15 is 0 Å². The molecule has 3 N–H and O–H groups in total. The first-order chi connectivity index (χ1) is 5.16. The van der Waals surface area contributed by atoms with Crippen LogP contribution in [0.2, 0.25) is 0 Å². The van der Waals surface area contributed by atoms with Crippen LogP contribution in [0, 0.1) is 20.8 Å². The Labute approximate surface area is 67.1 Å². The van der Waals surface area contributed by atoms with Crippen LogP contribution in [0.3, 0.4) is 0 Å². The van der Waals surface area contributed by atoms with Crippen LogP contribution in [0.25, 0.3) is 6.08 Å². The zero-order valence-electron chi connectivity index (χ0n) is 7.23. The summed E-state index contributed by atoms with van der Waals surface area (Å²) in [4.78, 5) is 3.25. The second-order valence-electron chi connectivity index (χ2n) is 2.77. The van der Waals surface area contributed by atoms with Gasteiger partial charge < -0.3 is 10.7 Å². The zero-order valence-corrected chi connectivity index (χ0v) is 7.23. The van der Waals surface area contributed by atoms with E-state index in [1.54, 1.807) is 6.20 Å². The maximum atomic E-state index is 5.31. The lowest BCUT2D eigenvalue weighted by Gasteiger charge is -1.91. The minimum absolute atomic E-state index is 1.18. The van der Waals surface area contributed by atoms with E-state index in [-0.39, 0.29) is 0 Å². The minimum atomic E-state index is 1.18. The zero-order chi connectivity index (χ0) is 8.43. The van der Waals surface area contributed by atoms with Crippen molar-refractivity contribution in [1.82, 2.24) is 4.98 Å². The van der Waals surface area contributed by atoms with Crippen molar-refractivity contribution in [3.63, 3.8) is 0 Å². The van der Waals surface area contributed by atoms with Crippen molar-refractivity contribution in [3.05, 3.63) is 28.7 Å². The van der Waals surface area contributed by atoms with Crippen LogP contribution < -0.4 is 5.73 Å². The van der Waals surface area contributed by atoms with Crippen LogP contribution in [-0.4, -0.2) is 4.98 Å². The van der Waals surface area contributed by atoms with Crippen LogP contribution in [0.5, 0.6) is 0 Å². The van der Waals surface area contributed by atoms with Crippen LogP contribution in [-0.2, 0) is 0 Å². The molecular formula is C9H14N2. The molecule has 60 valence electrons. The van der Waals surface area contributed by atoms with Gasteiger partial charge in [0, 0.05) is 11.4 Å². The maximum absolute atomic E-state index is 5.31. The summed E-state index contributed by atoms with van der Waals surface area (Å²) in [6, 6.07) is 0. The summed E-state index contributed by atoms with van der Waals surface area (Å²) in [6.07, 6.45) is 3.50. The van der Waals surface area contributed by atoms with Crippen molar-refractivity contribution in [2.24, 2.45) is 5.73 Å². The highest BCUT2D eigenvalue weighted by Gasteiger charge is 2.03. The molecule has 11 heavy (non-hydrogen) atoms. The molecule has 0 fully saturated rings. The molecular weight excluding hydrogens is 136 g/mol. The number of hydrogen-bond acceptors (Lipinski definition) is 1. The average Bonchev–Trinajstić information content (AvgIpc) is 2.17. The smallest absolute Gasteiger partial charge is 0.0194 e. The first kappa shape index (κ1) is 7.92. The molecule has 1 aromatic rings. The van der Waals surface area contributed by atoms with Gasteiger partial charge in [0.25, 0.3) is 0 Å². The van der Waals surface area contributed by atoms with Gasteiger partial charge in [-0.1, -0.05) is 0 Å². The van der Waals surface area contributed by atoms with Gasteiger partial charge >= 0.3 is 0 Å². The van der Waals surface area contributed by atoms with E-state index in [0.717, 1.165) is 0 Å². The Morgan fingerprint density at radius 1 is 1.18 bits per heavy atom. The van der Waals surface area contributed by atoms with Gasteiger partial charge in [0.15, 0.2) is 0 Å². The van der Waals surface area contributed by atoms with Crippen molar-refractivity contribution < 1.29 is 0 Å². The SMILES string of the molecule is Cc1[nH]c(C)c(/C=C\N)c1C. The highest BCUT2D eigenvalue weighted by atomic mass is 14.7. The Morgan fingerprint density at radius 3 is 2.18 bits per heavy atom. The molecule has 0 bridgehead atoms. The molecule has 0 amide bonds. The highest BCUT2D eigenvalue weighted by molar-refractivity contribution is 5.57. The van der Waals surface area contributed by atoms with E-state index in [0.29, 0.717) is 0 Å². The van der Waals surface area contributed by atoms with Gasteiger partial charge in [-0.25, -0.2) is 0 Å². The largest absolute Gasteiger partial charge is 0.405 e. The van der Waals surface area contributed by atoms with Gasteiger partial charge in [-0.2, -0.15) is 0 Å². The van der Waals surface area contributed by atoms with E-state index in [1.807, 2.05) is 6.08 Å². The fourth-order valence-electron chi connectivity index (χ4n) is 1.27. The third-order valence-corrected chi connectivity index (χ3v) is 2.01. The fraction of sp³-hybridized carbons (Fsp3) is 0.333. The average molecular weight is 150 g/mol. The summed E-state index contributed by atoms with van der Waals surface area (Å²) in [5.41, 5.74) is 10.2. The van der Waals surface area contributed by atoms with Gasteiger partial charge in [0.2, 0.25) is 0 Å². The first-order valence-electron chi connectivity index (χ1n) is 3.71. The minimum Gasteiger partial charge on any atom is -0.405 e. The fourth-order valence-corrected chi connectivity index (χ4v) is 1.27.